The highest BCUT2D eigenvalue weighted by Crippen LogP contribution is 2.35. The van der Waals surface area contributed by atoms with Gasteiger partial charge < -0.3 is 25.2 Å². The summed E-state index contributed by atoms with van der Waals surface area (Å²) in [4.78, 5) is 29.0. The lowest BCUT2D eigenvalue weighted by Gasteiger charge is -2.25. The van der Waals surface area contributed by atoms with Gasteiger partial charge in [0.1, 0.15) is 18.8 Å². The van der Waals surface area contributed by atoms with E-state index in [2.05, 4.69) is 15.6 Å². The number of aliphatic carboxylic acids is 1. The topological polar surface area (TPSA) is 110 Å². The Morgan fingerprint density at radius 2 is 2.00 bits per heavy atom. The lowest BCUT2D eigenvalue weighted by molar-refractivity contribution is -0.139. The highest BCUT2D eigenvalue weighted by Gasteiger charge is 2.25. The van der Waals surface area contributed by atoms with Gasteiger partial charge in [0.25, 0.3) is 5.88 Å². The maximum Gasteiger partial charge on any atom is 0.320 e. The Morgan fingerprint density at radius 3 is 2.78 bits per heavy atom. The summed E-state index contributed by atoms with van der Waals surface area (Å²) in [5.74, 6) is 0.623. The van der Waals surface area contributed by atoms with Crippen LogP contribution in [-0.2, 0) is 16.1 Å². The average molecular weight is 522 g/mol. The number of carboxylic acid groups (broad SMARTS) is 1. The minimum absolute atomic E-state index is 0.111. The number of nitrogens with zero attached hydrogens (tertiary/aromatic N) is 1. The first-order valence-corrected chi connectivity index (χ1v) is 13.5. The molecule has 2 heterocycles. The molecule has 1 aliphatic rings. The third-order valence-corrected chi connectivity index (χ3v) is 6.78. The minimum Gasteiger partial charge on any atom is -0.481 e. The van der Waals surface area contributed by atoms with E-state index >= 15 is 0 Å². The maximum absolute atomic E-state index is 13.1. The van der Waals surface area contributed by atoms with Crippen LogP contribution in [0.4, 0.5) is 5.69 Å². The average Bonchev–Trinajstić information content (AvgIpc) is 2.89. The molecule has 3 N–H and O–H groups in total. The molecule has 0 unspecified atom stereocenters. The molecular weight excluding hydrogens is 490 g/mol. The first-order chi connectivity index (χ1) is 18.0. The SMILES string of the molecule is CSCC[C@@H](NCc1cccc(NC(=O)C[C@H]2COc3ncccc3O2)c1-c1ccccc1C)C(=O)O. The van der Waals surface area contributed by atoms with Gasteiger partial charge in [0, 0.05) is 24.0 Å². The third kappa shape index (κ3) is 6.81. The van der Waals surface area contributed by atoms with Crippen LogP contribution < -0.4 is 20.1 Å². The van der Waals surface area contributed by atoms with Gasteiger partial charge in [-0.15, -0.1) is 0 Å². The predicted molar refractivity (Wildman–Crippen MR) is 145 cm³/mol. The summed E-state index contributed by atoms with van der Waals surface area (Å²) in [6.45, 7) is 2.60. The van der Waals surface area contributed by atoms with E-state index in [0.717, 1.165) is 28.0 Å². The fourth-order valence-electron chi connectivity index (χ4n) is 4.27. The summed E-state index contributed by atoms with van der Waals surface area (Å²) in [7, 11) is 0. The van der Waals surface area contributed by atoms with Crippen molar-refractivity contribution in [2.45, 2.75) is 38.5 Å². The summed E-state index contributed by atoms with van der Waals surface area (Å²) in [5.41, 5.74) is 4.46. The van der Waals surface area contributed by atoms with Crippen molar-refractivity contribution in [3.8, 4) is 22.8 Å². The molecule has 37 heavy (non-hydrogen) atoms. The molecular formula is C28H31N3O5S. The molecule has 8 nitrogen and oxygen atoms in total. The number of carboxylic acids is 1. The molecule has 1 amide bonds. The zero-order chi connectivity index (χ0) is 26.2. The number of hydrogen-bond acceptors (Lipinski definition) is 7. The third-order valence-electron chi connectivity index (χ3n) is 6.14. The second-order valence-electron chi connectivity index (χ2n) is 8.82. The van der Waals surface area contributed by atoms with E-state index in [9.17, 15) is 14.7 Å². The number of rotatable bonds is 11. The number of pyridine rings is 1. The van der Waals surface area contributed by atoms with Crippen LogP contribution in [0.2, 0.25) is 0 Å². The summed E-state index contributed by atoms with van der Waals surface area (Å²) >= 11 is 1.62. The van der Waals surface area contributed by atoms with Gasteiger partial charge in [0.2, 0.25) is 5.91 Å². The molecule has 9 heteroatoms. The fraction of sp³-hybridized carbons (Fsp3) is 0.321. The number of thioether (sulfide) groups is 1. The lowest BCUT2D eigenvalue weighted by atomic mass is 9.93. The second kappa shape index (κ2) is 12.6. The van der Waals surface area contributed by atoms with E-state index in [1.807, 2.05) is 55.6 Å². The summed E-state index contributed by atoms with van der Waals surface area (Å²) in [5, 5.41) is 15.9. The van der Waals surface area contributed by atoms with Gasteiger partial charge in [-0.1, -0.05) is 36.4 Å². The van der Waals surface area contributed by atoms with Crippen LogP contribution in [-0.4, -0.2) is 52.7 Å². The normalized spacial score (nSPS) is 15.1. The zero-order valence-corrected chi connectivity index (χ0v) is 21.7. The smallest absolute Gasteiger partial charge is 0.320 e. The largest absolute Gasteiger partial charge is 0.481 e. The molecule has 0 saturated heterocycles. The van der Waals surface area contributed by atoms with E-state index in [1.54, 1.807) is 30.1 Å². The molecule has 0 bridgehead atoms. The van der Waals surface area contributed by atoms with Gasteiger partial charge in [0.05, 0.1) is 6.42 Å². The van der Waals surface area contributed by atoms with Crippen molar-refractivity contribution in [1.29, 1.82) is 0 Å². The van der Waals surface area contributed by atoms with E-state index in [-0.39, 0.29) is 18.9 Å². The van der Waals surface area contributed by atoms with E-state index < -0.39 is 18.1 Å². The van der Waals surface area contributed by atoms with Crippen molar-refractivity contribution in [2.75, 3.05) is 23.9 Å². The molecule has 2 aromatic carbocycles. The Balaban J connectivity index is 1.55. The number of fused-ring (bicyclic) bond motifs is 1. The number of aryl methyl sites for hydroxylation is 1. The number of amides is 1. The molecule has 4 rings (SSSR count). The molecule has 1 aliphatic heterocycles. The van der Waals surface area contributed by atoms with Crippen molar-refractivity contribution in [1.82, 2.24) is 10.3 Å². The number of hydrogen-bond donors (Lipinski definition) is 3. The standard InChI is InChI=1S/C28H31N3O5S/c1-18-7-3-4-9-21(18)26-19(16-30-23(28(33)34)12-14-37-2)8-5-10-22(26)31-25(32)15-20-17-35-27-24(36-20)11-6-13-29-27/h3-11,13,20,23,30H,12,14-17H2,1-2H3,(H,31,32)(H,33,34)/t20-,23+/m0/s1. The Kier molecular flexibility index (Phi) is 9.03. The van der Waals surface area contributed by atoms with Gasteiger partial charge in [0.15, 0.2) is 5.75 Å². The number of ether oxygens (including phenoxy) is 2. The van der Waals surface area contributed by atoms with E-state index in [1.165, 1.54) is 0 Å². The van der Waals surface area contributed by atoms with Crippen LogP contribution >= 0.6 is 11.8 Å². The summed E-state index contributed by atoms with van der Waals surface area (Å²) < 4.78 is 11.5. The van der Waals surface area contributed by atoms with Gasteiger partial charge in [-0.25, -0.2) is 4.98 Å². The molecule has 3 aromatic rings. The van der Waals surface area contributed by atoms with Crippen molar-refractivity contribution >= 4 is 29.3 Å². The number of carbonyl (C=O) groups is 2. The van der Waals surface area contributed by atoms with Crippen molar-refractivity contribution < 1.29 is 24.2 Å². The molecule has 0 aliphatic carbocycles. The van der Waals surface area contributed by atoms with Gasteiger partial charge in [-0.05, 0) is 60.2 Å². The molecule has 2 atom stereocenters. The molecule has 0 spiro atoms. The van der Waals surface area contributed by atoms with Gasteiger partial charge in [-0.2, -0.15) is 11.8 Å². The van der Waals surface area contributed by atoms with Crippen LogP contribution in [0.3, 0.4) is 0 Å². The summed E-state index contributed by atoms with van der Waals surface area (Å²) in [6, 6.07) is 16.5. The van der Waals surface area contributed by atoms with Crippen molar-refractivity contribution in [3.05, 3.63) is 71.9 Å². The Hall–Kier alpha value is -3.56. The fourth-order valence-corrected chi connectivity index (χ4v) is 4.74. The lowest BCUT2D eigenvalue weighted by Crippen LogP contribution is -2.36. The minimum atomic E-state index is -0.873. The van der Waals surface area contributed by atoms with Crippen LogP contribution in [0, 0.1) is 6.92 Å². The van der Waals surface area contributed by atoms with Crippen molar-refractivity contribution in [2.24, 2.45) is 0 Å². The highest BCUT2D eigenvalue weighted by atomic mass is 32.2. The first-order valence-electron chi connectivity index (χ1n) is 12.1. The van der Waals surface area contributed by atoms with Crippen LogP contribution in [0.15, 0.2) is 60.8 Å². The predicted octanol–water partition coefficient (Wildman–Crippen LogP) is 4.52. The number of nitrogens with one attached hydrogen (secondary N) is 2. The maximum atomic E-state index is 13.1. The van der Waals surface area contributed by atoms with Crippen molar-refractivity contribution in [3.63, 3.8) is 0 Å². The quantitative estimate of drug-likeness (QED) is 0.338. The molecule has 0 fully saturated rings. The molecule has 1 aromatic heterocycles. The number of anilines is 1. The number of aromatic nitrogens is 1. The molecule has 0 radical (unpaired) electrons. The Morgan fingerprint density at radius 1 is 1.16 bits per heavy atom. The highest BCUT2D eigenvalue weighted by molar-refractivity contribution is 7.98. The number of benzene rings is 2. The first kappa shape index (κ1) is 26.5. The molecule has 194 valence electrons. The van der Waals surface area contributed by atoms with Crippen LogP contribution in [0.5, 0.6) is 11.6 Å². The van der Waals surface area contributed by atoms with E-state index in [4.69, 9.17) is 9.47 Å². The van der Waals surface area contributed by atoms with Crippen LogP contribution in [0.25, 0.3) is 11.1 Å². The second-order valence-corrected chi connectivity index (χ2v) is 9.80. The van der Waals surface area contributed by atoms with Gasteiger partial charge in [-0.3, -0.25) is 9.59 Å². The van der Waals surface area contributed by atoms with Gasteiger partial charge >= 0.3 is 5.97 Å². The summed E-state index contributed by atoms with van der Waals surface area (Å²) in [6.07, 6.45) is 3.79. The monoisotopic (exact) mass is 521 g/mol. The van der Waals surface area contributed by atoms with E-state index in [0.29, 0.717) is 30.3 Å². The Labute approximate surface area is 220 Å². The van der Waals surface area contributed by atoms with Crippen LogP contribution in [0.1, 0.15) is 24.0 Å². The zero-order valence-electron chi connectivity index (χ0n) is 20.9. The number of carbonyl (C=O) groups excluding carboxylic acids is 1. The molecule has 0 saturated carbocycles. The Bertz CT molecular complexity index is 1250.